The van der Waals surface area contributed by atoms with E-state index in [2.05, 4.69) is 0 Å². The molecular weight excluding hydrogens is 78.1 g/mol. The second-order valence-electron chi connectivity index (χ2n) is 0.826. The van der Waals surface area contributed by atoms with Crippen molar-refractivity contribution in [3.63, 3.8) is 0 Å². The van der Waals surface area contributed by atoms with Crippen molar-refractivity contribution in [1.82, 2.24) is 10.3 Å². The van der Waals surface area contributed by atoms with Gasteiger partial charge in [-0.1, -0.05) is 0 Å². The van der Waals surface area contributed by atoms with Crippen molar-refractivity contribution in [1.29, 1.82) is 5.26 Å². The molecule has 0 spiro atoms. The van der Waals surface area contributed by atoms with Crippen molar-refractivity contribution in [2.24, 2.45) is 0 Å². The molecular formula is C3H4N3. The molecule has 6 heavy (non-hydrogen) atoms. The van der Waals surface area contributed by atoms with Gasteiger partial charge < -0.3 is 0 Å². The molecule has 0 saturated heterocycles. The summed E-state index contributed by atoms with van der Waals surface area (Å²) in [5, 5.41) is 15.7. The largest absolute Gasteiger partial charge is 0.271 e. The third kappa shape index (κ3) is 1.30. The Morgan fingerprint density at radius 2 is 2.33 bits per heavy atom. The van der Waals surface area contributed by atoms with E-state index < -0.39 is 0 Å². The molecule has 0 unspecified atom stereocenters. The summed E-state index contributed by atoms with van der Waals surface area (Å²) >= 11 is 0. The molecule has 3 heteroatoms. The Hall–Kier alpha value is -1.04. The van der Waals surface area contributed by atoms with E-state index in [1.807, 2.05) is 0 Å². The summed E-state index contributed by atoms with van der Waals surface area (Å²) in [6.07, 6.45) is 2.34. The van der Waals surface area contributed by atoms with Gasteiger partial charge in [-0.05, 0) is 0 Å². The van der Waals surface area contributed by atoms with E-state index in [1.54, 1.807) is 6.19 Å². The smallest absolute Gasteiger partial charge is 0.184 e. The maximum absolute atomic E-state index is 7.91. The minimum absolute atomic E-state index is 0.694. The second-order valence-corrected chi connectivity index (χ2v) is 0.826. The van der Waals surface area contributed by atoms with Gasteiger partial charge in [0.25, 0.3) is 0 Å². The fourth-order valence-electron chi connectivity index (χ4n) is 0.0258. The van der Waals surface area contributed by atoms with Crippen molar-refractivity contribution in [3.8, 4) is 6.19 Å². The van der Waals surface area contributed by atoms with Crippen LogP contribution in [0.4, 0.5) is 0 Å². The number of hydrogen-bond acceptors (Lipinski definition) is 1. The summed E-state index contributed by atoms with van der Waals surface area (Å²) in [4.78, 5) is 0.986. The van der Waals surface area contributed by atoms with Crippen molar-refractivity contribution in [2.75, 3.05) is 7.05 Å². The molecule has 0 rings (SSSR count). The Labute approximate surface area is 36.3 Å². The lowest BCUT2D eigenvalue weighted by atomic mass is 10.9. The molecule has 0 aromatic rings. The van der Waals surface area contributed by atoms with E-state index in [4.69, 9.17) is 10.7 Å². The highest BCUT2D eigenvalue weighted by molar-refractivity contribution is 5.53. The van der Waals surface area contributed by atoms with Gasteiger partial charge in [0.2, 0.25) is 0 Å². The van der Waals surface area contributed by atoms with Crippen molar-refractivity contribution in [2.45, 2.75) is 0 Å². The SMILES string of the molecule is CN(C#N)C=[N]. The molecule has 31 valence electrons. The van der Waals surface area contributed by atoms with Crippen molar-refractivity contribution >= 4 is 6.34 Å². The minimum atomic E-state index is 0.694. The Morgan fingerprint density at radius 3 is 2.33 bits per heavy atom. The molecule has 1 radical (unpaired) electrons. The van der Waals surface area contributed by atoms with Crippen LogP contribution in [0.2, 0.25) is 0 Å². The maximum Gasteiger partial charge on any atom is 0.184 e. The van der Waals surface area contributed by atoms with Crippen molar-refractivity contribution in [3.05, 3.63) is 0 Å². The van der Waals surface area contributed by atoms with Gasteiger partial charge in [-0.2, -0.15) is 5.26 Å². The van der Waals surface area contributed by atoms with Crippen LogP contribution >= 0.6 is 0 Å². The van der Waals surface area contributed by atoms with Crippen LogP contribution in [0.1, 0.15) is 0 Å². The lowest BCUT2D eigenvalue weighted by Crippen LogP contribution is -2.06. The van der Waals surface area contributed by atoms with Crippen LogP contribution in [-0.2, 0) is 0 Å². The summed E-state index contributed by atoms with van der Waals surface area (Å²) in [6, 6.07) is 0. The average molecular weight is 82.1 g/mol. The number of rotatable bonds is 1. The zero-order valence-electron chi connectivity index (χ0n) is 3.42. The molecule has 0 aliphatic heterocycles. The Kier molecular flexibility index (Phi) is 1.83. The molecule has 0 fully saturated rings. The summed E-state index contributed by atoms with van der Waals surface area (Å²) in [5.41, 5.74) is 0. The lowest BCUT2D eigenvalue weighted by Gasteiger charge is -1.90. The number of nitriles is 1. The fraction of sp³-hybridized carbons (Fsp3) is 0.333. The first kappa shape index (κ1) is 4.96. The van der Waals surface area contributed by atoms with Crippen LogP contribution < -0.4 is 5.41 Å². The first-order chi connectivity index (χ1) is 2.81. The Balaban J connectivity index is 3.30. The molecule has 0 aliphatic carbocycles. The predicted molar refractivity (Wildman–Crippen MR) is 21.6 cm³/mol. The van der Waals surface area contributed by atoms with Crippen LogP contribution in [0.5, 0.6) is 0 Å². The molecule has 0 aromatic heterocycles. The summed E-state index contributed by atoms with van der Waals surface area (Å²) in [5.74, 6) is 0. The van der Waals surface area contributed by atoms with Crippen LogP contribution in [-0.4, -0.2) is 18.3 Å². The minimum Gasteiger partial charge on any atom is -0.271 e. The zero-order chi connectivity index (χ0) is 4.99. The van der Waals surface area contributed by atoms with Gasteiger partial charge in [0, 0.05) is 7.05 Å². The van der Waals surface area contributed by atoms with Gasteiger partial charge in [0.1, 0.15) is 6.34 Å². The summed E-state index contributed by atoms with van der Waals surface area (Å²) in [6.45, 7) is 0. The first-order valence-electron chi connectivity index (χ1n) is 1.41. The molecule has 0 N–H and O–H groups in total. The average Bonchev–Trinajstić information content (AvgIpc) is 1.65. The molecule has 0 aliphatic rings. The molecule has 0 heterocycles. The van der Waals surface area contributed by atoms with Gasteiger partial charge in [0.15, 0.2) is 6.19 Å². The molecule has 0 amide bonds. The van der Waals surface area contributed by atoms with Crippen LogP contribution in [0.3, 0.4) is 0 Å². The van der Waals surface area contributed by atoms with Crippen molar-refractivity contribution < 1.29 is 0 Å². The molecule has 0 bridgehead atoms. The van der Waals surface area contributed by atoms with Gasteiger partial charge in [-0.25, -0.2) is 0 Å². The van der Waals surface area contributed by atoms with E-state index in [0.29, 0.717) is 6.34 Å². The van der Waals surface area contributed by atoms with Crippen LogP contribution in [0.15, 0.2) is 0 Å². The monoisotopic (exact) mass is 82.0 g/mol. The topological polar surface area (TPSA) is 49.3 Å². The normalized spacial score (nSPS) is 6.00. The van der Waals surface area contributed by atoms with Gasteiger partial charge in [0.05, 0.1) is 0 Å². The maximum atomic E-state index is 7.91. The Morgan fingerprint density at radius 1 is 1.83 bits per heavy atom. The standard InChI is InChI=1S/C3H4N3/c1-6(2-4)3-5/h2H,1H3. The Bertz CT molecular complexity index is 80.5. The van der Waals surface area contributed by atoms with E-state index in [1.165, 1.54) is 7.05 Å². The van der Waals surface area contributed by atoms with E-state index in [9.17, 15) is 0 Å². The number of hydrogen-bond donors (Lipinski definition) is 0. The van der Waals surface area contributed by atoms with Gasteiger partial charge in [-0.15, -0.1) is 5.41 Å². The van der Waals surface area contributed by atoms with E-state index in [-0.39, 0.29) is 0 Å². The van der Waals surface area contributed by atoms with E-state index in [0.717, 1.165) is 4.90 Å². The van der Waals surface area contributed by atoms with E-state index >= 15 is 0 Å². The van der Waals surface area contributed by atoms with Gasteiger partial charge in [-0.3, -0.25) is 4.90 Å². The summed E-state index contributed by atoms with van der Waals surface area (Å²) < 4.78 is 0. The third-order valence-electron chi connectivity index (χ3n) is 0.331. The second kappa shape index (κ2) is 2.21. The highest BCUT2D eigenvalue weighted by Crippen LogP contribution is 1.59. The van der Waals surface area contributed by atoms with Crippen LogP contribution in [0.25, 0.3) is 0 Å². The van der Waals surface area contributed by atoms with Gasteiger partial charge >= 0.3 is 0 Å². The molecule has 3 nitrogen and oxygen atoms in total. The third-order valence-corrected chi connectivity index (χ3v) is 0.331. The fourth-order valence-corrected chi connectivity index (χ4v) is 0.0258. The lowest BCUT2D eigenvalue weighted by molar-refractivity contribution is 0.734. The first-order valence-corrected chi connectivity index (χ1v) is 1.41. The quantitative estimate of drug-likeness (QED) is 0.180. The summed E-state index contributed by atoms with van der Waals surface area (Å²) in [7, 11) is 1.44. The number of nitrogens with zero attached hydrogens (tertiary/aromatic N) is 3. The molecule has 0 aromatic carbocycles. The molecule has 0 saturated carbocycles. The molecule has 0 atom stereocenters. The zero-order valence-corrected chi connectivity index (χ0v) is 3.42. The van der Waals surface area contributed by atoms with Crippen LogP contribution in [0, 0.1) is 11.5 Å². The highest BCUT2D eigenvalue weighted by atomic mass is 15.1. The predicted octanol–water partition coefficient (Wildman–Crippen LogP) is -0.772. The highest BCUT2D eigenvalue weighted by Gasteiger charge is 1.76.